The zero-order valence-corrected chi connectivity index (χ0v) is 7.39. The van der Waals surface area contributed by atoms with Crippen LogP contribution in [0.3, 0.4) is 0 Å². The van der Waals surface area contributed by atoms with E-state index in [9.17, 15) is 0 Å². The Morgan fingerprint density at radius 1 is 1.45 bits per heavy atom. The van der Waals surface area contributed by atoms with Gasteiger partial charge in [-0.3, -0.25) is 0 Å². The summed E-state index contributed by atoms with van der Waals surface area (Å²) in [5.41, 5.74) is 2.54. The molecule has 0 amide bonds. The van der Waals surface area contributed by atoms with Crippen molar-refractivity contribution in [3.63, 3.8) is 0 Å². The Balaban J connectivity index is 2.88. The number of hydrogen-bond donors (Lipinski definition) is 1. The molecule has 1 unspecified atom stereocenters. The van der Waals surface area contributed by atoms with Crippen LogP contribution in [0.1, 0.15) is 13.8 Å². The molecule has 0 radical (unpaired) electrons. The second-order valence-electron chi connectivity index (χ2n) is 2.92. The predicted molar refractivity (Wildman–Crippen MR) is 49.2 cm³/mol. The molecule has 1 N–H and O–H groups in total. The minimum Gasteiger partial charge on any atom is -0.388 e. The lowest BCUT2D eigenvalue weighted by Gasteiger charge is -2.05. The molecule has 0 aromatic heterocycles. The first-order valence-electron chi connectivity index (χ1n) is 3.99. The van der Waals surface area contributed by atoms with Gasteiger partial charge in [-0.25, -0.2) is 0 Å². The molecule has 1 aliphatic rings. The summed E-state index contributed by atoms with van der Waals surface area (Å²) in [7, 11) is 1.95. The highest BCUT2D eigenvalue weighted by Crippen LogP contribution is 2.14. The summed E-state index contributed by atoms with van der Waals surface area (Å²) in [6, 6.07) is 0. The van der Waals surface area contributed by atoms with E-state index in [0.29, 0.717) is 5.92 Å². The van der Waals surface area contributed by atoms with Crippen molar-refractivity contribution in [1.82, 2.24) is 5.32 Å². The molecule has 1 rings (SSSR count). The fourth-order valence-corrected chi connectivity index (χ4v) is 1.28. The van der Waals surface area contributed by atoms with Gasteiger partial charge < -0.3 is 5.32 Å². The van der Waals surface area contributed by atoms with E-state index in [0.717, 1.165) is 0 Å². The second-order valence-corrected chi connectivity index (χ2v) is 2.92. The third-order valence-corrected chi connectivity index (χ3v) is 1.88. The largest absolute Gasteiger partial charge is 0.388 e. The molecule has 0 aromatic rings. The summed E-state index contributed by atoms with van der Waals surface area (Å²) in [5, 5.41) is 3.16. The lowest BCUT2D eigenvalue weighted by atomic mass is 10.1. The van der Waals surface area contributed by atoms with Crippen molar-refractivity contribution in [1.29, 1.82) is 0 Å². The maximum absolute atomic E-state index is 3.16. The van der Waals surface area contributed by atoms with E-state index in [1.807, 2.05) is 7.05 Å². The third-order valence-electron chi connectivity index (χ3n) is 1.88. The van der Waals surface area contributed by atoms with E-state index in [-0.39, 0.29) is 0 Å². The second kappa shape index (κ2) is 3.42. The van der Waals surface area contributed by atoms with Gasteiger partial charge in [0, 0.05) is 12.7 Å². The van der Waals surface area contributed by atoms with Gasteiger partial charge >= 0.3 is 0 Å². The molecule has 1 aliphatic carbocycles. The van der Waals surface area contributed by atoms with Gasteiger partial charge in [0.25, 0.3) is 0 Å². The molecule has 11 heavy (non-hydrogen) atoms. The van der Waals surface area contributed by atoms with Gasteiger partial charge in [-0.1, -0.05) is 25.2 Å². The quantitative estimate of drug-likeness (QED) is 0.603. The molecular formula is C10H15N. The van der Waals surface area contributed by atoms with Crippen LogP contribution in [0.25, 0.3) is 0 Å². The topological polar surface area (TPSA) is 12.0 Å². The van der Waals surface area contributed by atoms with Crippen LogP contribution in [0.5, 0.6) is 0 Å². The van der Waals surface area contributed by atoms with E-state index in [1.165, 1.54) is 11.3 Å². The normalized spacial score (nSPS) is 23.7. The van der Waals surface area contributed by atoms with Crippen molar-refractivity contribution in [2.75, 3.05) is 7.05 Å². The molecule has 1 atom stereocenters. The van der Waals surface area contributed by atoms with Crippen LogP contribution in [-0.2, 0) is 0 Å². The zero-order valence-electron chi connectivity index (χ0n) is 7.39. The molecule has 0 spiro atoms. The average molecular weight is 149 g/mol. The lowest BCUT2D eigenvalue weighted by molar-refractivity contribution is 0.919. The van der Waals surface area contributed by atoms with Crippen LogP contribution >= 0.6 is 0 Å². The highest BCUT2D eigenvalue weighted by molar-refractivity contribution is 5.34. The number of rotatable bonds is 1. The molecule has 60 valence electrons. The molecule has 0 bridgehead atoms. The van der Waals surface area contributed by atoms with E-state index in [4.69, 9.17) is 0 Å². The first kappa shape index (κ1) is 8.12. The van der Waals surface area contributed by atoms with Gasteiger partial charge in [0.05, 0.1) is 0 Å². The van der Waals surface area contributed by atoms with Crippen molar-refractivity contribution in [2.45, 2.75) is 13.8 Å². The minimum absolute atomic E-state index is 0.553. The Bertz CT molecular complexity index is 221. The highest BCUT2D eigenvalue weighted by atomic mass is 14.8. The average Bonchev–Trinajstić information content (AvgIpc) is 2.11. The monoisotopic (exact) mass is 149 g/mol. The third kappa shape index (κ3) is 1.97. The van der Waals surface area contributed by atoms with Crippen LogP contribution < -0.4 is 5.32 Å². The molecule has 1 heteroatoms. The van der Waals surface area contributed by atoms with E-state index < -0.39 is 0 Å². The molecule has 0 fully saturated rings. The standard InChI is InChI=1S/C10H15N/c1-8-5-4-6-10(11-3)9(2)7-8/h4-8,11H,1-3H3. The molecule has 1 nitrogen and oxygen atoms in total. The van der Waals surface area contributed by atoms with Gasteiger partial charge in [-0.2, -0.15) is 0 Å². The molecule has 0 saturated heterocycles. The van der Waals surface area contributed by atoms with Crippen molar-refractivity contribution >= 4 is 0 Å². The Morgan fingerprint density at radius 2 is 2.18 bits per heavy atom. The Hall–Kier alpha value is -0.980. The lowest BCUT2D eigenvalue weighted by Crippen LogP contribution is -2.06. The fourth-order valence-electron chi connectivity index (χ4n) is 1.28. The van der Waals surface area contributed by atoms with Crippen LogP contribution in [0.15, 0.2) is 35.6 Å². The Kier molecular flexibility index (Phi) is 2.53. The fraction of sp³-hybridized carbons (Fsp3) is 0.400. The van der Waals surface area contributed by atoms with Crippen molar-refractivity contribution in [3.8, 4) is 0 Å². The zero-order chi connectivity index (χ0) is 8.27. The van der Waals surface area contributed by atoms with E-state index >= 15 is 0 Å². The van der Waals surface area contributed by atoms with Gasteiger partial charge in [0.15, 0.2) is 0 Å². The summed E-state index contributed by atoms with van der Waals surface area (Å²) in [5.74, 6) is 0.553. The Morgan fingerprint density at radius 3 is 2.82 bits per heavy atom. The molecular weight excluding hydrogens is 134 g/mol. The molecule has 0 aromatic carbocycles. The van der Waals surface area contributed by atoms with E-state index in [1.54, 1.807) is 0 Å². The predicted octanol–water partition coefficient (Wildman–Crippen LogP) is 2.24. The van der Waals surface area contributed by atoms with Crippen LogP contribution in [0.2, 0.25) is 0 Å². The summed E-state index contributed by atoms with van der Waals surface area (Å²) in [6.07, 6.45) is 8.65. The summed E-state index contributed by atoms with van der Waals surface area (Å²) in [4.78, 5) is 0. The SMILES string of the molecule is CNC1=CC=CC(C)C=C1C. The summed E-state index contributed by atoms with van der Waals surface area (Å²) < 4.78 is 0. The first-order valence-corrected chi connectivity index (χ1v) is 3.99. The first-order chi connectivity index (χ1) is 5.24. The van der Waals surface area contributed by atoms with Gasteiger partial charge in [0.1, 0.15) is 0 Å². The van der Waals surface area contributed by atoms with Gasteiger partial charge in [0.2, 0.25) is 0 Å². The minimum atomic E-state index is 0.553. The smallest absolute Gasteiger partial charge is 0.0364 e. The summed E-state index contributed by atoms with van der Waals surface area (Å²) in [6.45, 7) is 4.32. The number of hydrogen-bond acceptors (Lipinski definition) is 1. The highest BCUT2D eigenvalue weighted by Gasteiger charge is 2.01. The number of nitrogens with one attached hydrogen (secondary N) is 1. The maximum Gasteiger partial charge on any atom is 0.0364 e. The van der Waals surface area contributed by atoms with Gasteiger partial charge in [-0.05, 0) is 24.5 Å². The molecule has 0 saturated carbocycles. The van der Waals surface area contributed by atoms with Crippen molar-refractivity contribution in [3.05, 3.63) is 35.6 Å². The van der Waals surface area contributed by atoms with Crippen molar-refractivity contribution in [2.24, 2.45) is 5.92 Å². The number of allylic oxidation sites excluding steroid dienone is 5. The van der Waals surface area contributed by atoms with Crippen LogP contribution in [0, 0.1) is 5.92 Å². The maximum atomic E-state index is 3.16. The molecule has 0 heterocycles. The van der Waals surface area contributed by atoms with Crippen LogP contribution in [0.4, 0.5) is 0 Å². The van der Waals surface area contributed by atoms with Crippen molar-refractivity contribution < 1.29 is 0 Å². The van der Waals surface area contributed by atoms with E-state index in [2.05, 4.69) is 43.5 Å². The number of likely N-dealkylation sites (N-methyl/N-ethyl adjacent to an activating group) is 1. The Labute approximate surface area is 68.5 Å². The molecule has 0 aliphatic heterocycles. The van der Waals surface area contributed by atoms with Crippen LogP contribution in [-0.4, -0.2) is 7.05 Å². The van der Waals surface area contributed by atoms with Gasteiger partial charge in [-0.15, -0.1) is 0 Å². The summed E-state index contributed by atoms with van der Waals surface area (Å²) >= 11 is 0.